The largest absolute Gasteiger partial charge is 0.493 e. The molecule has 2 aliphatic rings. The number of hydrogen-bond donors (Lipinski definition) is 3. The zero-order chi connectivity index (χ0) is 43.1. The molecule has 8 heterocycles. The Bertz CT molecular complexity index is 2960. The molecule has 0 saturated heterocycles. The molecule has 2 atom stereocenters. The number of aliphatic carboxylic acids is 1. The van der Waals surface area contributed by atoms with E-state index in [4.69, 9.17) is 9.47 Å². The molecule has 19 heteroatoms. The monoisotopic (exact) mass is 874 g/mol. The van der Waals surface area contributed by atoms with E-state index < -0.39 is 5.97 Å². The van der Waals surface area contributed by atoms with Gasteiger partial charge in [-0.3, -0.25) is 9.59 Å². The number of likely N-dealkylation sites (N-methyl/N-ethyl adjacent to an activating group) is 2. The first-order chi connectivity index (χ1) is 30.1. The number of rotatable bonds is 11. The Hall–Kier alpha value is -6.44. The van der Waals surface area contributed by atoms with Crippen LogP contribution in [0.2, 0.25) is 0 Å². The molecule has 0 bridgehead atoms. The predicted molar refractivity (Wildman–Crippen MR) is 240 cm³/mol. The van der Waals surface area contributed by atoms with Gasteiger partial charge in [0.1, 0.15) is 34.0 Å². The van der Waals surface area contributed by atoms with Gasteiger partial charge in [-0.25, -0.2) is 29.0 Å². The fraction of sp³-hybridized carbons (Fsp3) is 0.349. The summed E-state index contributed by atoms with van der Waals surface area (Å²) in [5.41, 5.74) is 5.92. The Morgan fingerprint density at radius 3 is 1.74 bits per heavy atom. The van der Waals surface area contributed by atoms with Crippen LogP contribution in [0, 0.1) is 11.8 Å². The van der Waals surface area contributed by atoms with Gasteiger partial charge in [-0.15, -0.1) is 22.7 Å². The topological polar surface area (TPSA) is 190 Å². The van der Waals surface area contributed by atoms with Crippen LogP contribution in [0.15, 0.2) is 61.7 Å². The van der Waals surface area contributed by atoms with E-state index >= 15 is 0 Å². The van der Waals surface area contributed by atoms with E-state index in [2.05, 4.69) is 45.7 Å². The molecule has 8 aromatic rings. The average Bonchev–Trinajstić information content (AvgIpc) is 4.09. The smallest absolute Gasteiger partial charge is 0.306 e. The van der Waals surface area contributed by atoms with E-state index in [1.54, 1.807) is 64.6 Å². The van der Waals surface area contributed by atoms with Crippen LogP contribution in [0.3, 0.4) is 0 Å². The number of methoxy groups -OCH3 is 2. The van der Waals surface area contributed by atoms with E-state index in [9.17, 15) is 14.7 Å². The third-order valence-corrected chi connectivity index (χ3v) is 13.9. The summed E-state index contributed by atoms with van der Waals surface area (Å²) in [6, 6.07) is 7.81. The standard InChI is InChI=1S/C24H29N7O2S.C19H17N5O3S/c1-29(2)9-10-30(3)24(32)15-5-6-17-20(11-15)34-23-21(17)22(25-14-26-23)28-18-12-16-7-8-27-31(16)13-19(18)33-4;1-27-14-8-24-11(4-5-22-24)7-13(14)23-17-16-12-3-2-10(19(25)26)6-15(12)28-18(16)21-9-20-17/h7-8,12-15H,5-6,9-11H2,1-4H3,(H,25,26,28);4-5,7-10H,2-3,6H2,1H3,(H,25,26)(H,20,21,23)/t15-;10-/m00/s1. The summed E-state index contributed by atoms with van der Waals surface area (Å²) in [4.78, 5) is 50.6. The minimum atomic E-state index is -0.730. The lowest BCUT2D eigenvalue weighted by molar-refractivity contribution is -0.142. The first-order valence-electron chi connectivity index (χ1n) is 20.3. The Morgan fingerprint density at radius 1 is 0.758 bits per heavy atom. The van der Waals surface area contributed by atoms with Gasteiger partial charge in [-0.2, -0.15) is 10.2 Å². The van der Waals surface area contributed by atoms with Crippen LogP contribution in [0.1, 0.15) is 33.7 Å². The molecule has 8 aromatic heterocycles. The molecule has 62 heavy (non-hydrogen) atoms. The number of fused-ring (bicyclic) bond motifs is 8. The summed E-state index contributed by atoms with van der Waals surface area (Å²) < 4.78 is 14.6. The van der Waals surface area contributed by atoms with Gasteiger partial charge in [0.25, 0.3) is 0 Å². The molecule has 17 nitrogen and oxygen atoms in total. The third kappa shape index (κ3) is 7.93. The molecule has 1 amide bonds. The summed E-state index contributed by atoms with van der Waals surface area (Å²) in [5.74, 6) is 1.99. The zero-order valence-corrected chi connectivity index (χ0v) is 36.6. The van der Waals surface area contributed by atoms with Crippen LogP contribution >= 0.6 is 22.7 Å². The summed E-state index contributed by atoms with van der Waals surface area (Å²) in [7, 11) is 9.22. The molecule has 0 fully saturated rings. The second kappa shape index (κ2) is 17.1. The average molecular weight is 875 g/mol. The number of aromatic nitrogens is 8. The highest BCUT2D eigenvalue weighted by Gasteiger charge is 2.32. The number of thiophene rings is 2. The quantitative estimate of drug-likeness (QED) is 0.128. The Morgan fingerprint density at radius 2 is 1.26 bits per heavy atom. The van der Waals surface area contributed by atoms with Gasteiger partial charge in [-0.1, -0.05) is 0 Å². The highest BCUT2D eigenvalue weighted by Crippen LogP contribution is 2.43. The van der Waals surface area contributed by atoms with Crippen molar-refractivity contribution < 1.29 is 24.2 Å². The Balaban J connectivity index is 0.000000161. The van der Waals surface area contributed by atoms with E-state index in [1.165, 1.54) is 16.8 Å². The SMILES string of the molecule is COc1cn2nccc2cc1Nc1ncnc2sc3c(c12)CC[C@H](C(=O)N(C)CCN(C)C)C3.COc1cn2nccc2cc1Nc1ncnc2sc3c(c12)CC[C@H](C(=O)O)C3. The number of carbonyl (C=O) groups excluding carboxylic acids is 1. The van der Waals surface area contributed by atoms with Gasteiger partial charge in [0.15, 0.2) is 11.5 Å². The van der Waals surface area contributed by atoms with Crippen molar-refractivity contribution in [2.75, 3.05) is 59.1 Å². The van der Waals surface area contributed by atoms with Crippen molar-refractivity contribution in [2.24, 2.45) is 11.8 Å². The number of nitrogens with zero attached hydrogens (tertiary/aromatic N) is 10. The zero-order valence-electron chi connectivity index (χ0n) is 35.0. The predicted octanol–water partition coefficient (Wildman–Crippen LogP) is 6.50. The van der Waals surface area contributed by atoms with Gasteiger partial charge in [0.2, 0.25) is 5.91 Å². The number of carboxylic acid groups (broad SMARTS) is 1. The molecule has 0 saturated carbocycles. The molecule has 320 valence electrons. The number of nitrogens with one attached hydrogen (secondary N) is 2. The first-order valence-corrected chi connectivity index (χ1v) is 21.9. The third-order valence-electron chi connectivity index (χ3n) is 11.6. The highest BCUT2D eigenvalue weighted by atomic mass is 32.1. The second-order valence-corrected chi connectivity index (χ2v) is 17.9. The lowest BCUT2D eigenvalue weighted by Gasteiger charge is -2.27. The lowest BCUT2D eigenvalue weighted by atomic mass is 9.87. The van der Waals surface area contributed by atoms with Crippen LogP contribution in [0.25, 0.3) is 31.5 Å². The molecule has 0 radical (unpaired) electrons. The van der Waals surface area contributed by atoms with Gasteiger partial charge >= 0.3 is 5.97 Å². The van der Waals surface area contributed by atoms with Crippen LogP contribution in [-0.2, 0) is 35.3 Å². The summed E-state index contributed by atoms with van der Waals surface area (Å²) in [5, 5.41) is 26.8. The fourth-order valence-corrected chi connectivity index (χ4v) is 10.8. The minimum Gasteiger partial charge on any atom is -0.493 e. The number of carbonyl (C=O) groups is 2. The van der Waals surface area contributed by atoms with Crippen LogP contribution < -0.4 is 20.1 Å². The van der Waals surface area contributed by atoms with Crippen molar-refractivity contribution >= 4 is 89.0 Å². The highest BCUT2D eigenvalue weighted by molar-refractivity contribution is 7.19. The van der Waals surface area contributed by atoms with Gasteiger partial charge in [0, 0.05) is 48.2 Å². The maximum atomic E-state index is 13.0. The van der Waals surface area contributed by atoms with Gasteiger partial charge < -0.3 is 35.0 Å². The van der Waals surface area contributed by atoms with Gasteiger partial charge in [-0.05, 0) is 88.0 Å². The molecular formula is C43H46N12O5S2. The molecular weight excluding hydrogens is 829 g/mol. The lowest BCUT2D eigenvalue weighted by Crippen LogP contribution is -2.39. The van der Waals surface area contributed by atoms with Crippen molar-refractivity contribution in [3.63, 3.8) is 0 Å². The molecule has 0 spiro atoms. The fourth-order valence-electron chi connectivity index (χ4n) is 8.27. The normalized spacial score (nSPS) is 15.9. The molecule has 0 aromatic carbocycles. The number of carboxylic acids is 1. The van der Waals surface area contributed by atoms with Crippen molar-refractivity contribution in [3.8, 4) is 11.5 Å². The second-order valence-electron chi connectivity index (χ2n) is 15.8. The van der Waals surface area contributed by atoms with E-state index in [1.807, 2.05) is 62.7 Å². The van der Waals surface area contributed by atoms with Crippen molar-refractivity contribution in [1.29, 1.82) is 0 Å². The summed E-state index contributed by atoms with van der Waals surface area (Å²) >= 11 is 3.23. The maximum absolute atomic E-state index is 13.0. The van der Waals surface area contributed by atoms with Crippen molar-refractivity contribution in [3.05, 3.63) is 82.6 Å². The Kier molecular flexibility index (Phi) is 11.3. The molecule has 10 rings (SSSR count). The van der Waals surface area contributed by atoms with Gasteiger partial charge in [0.05, 0.1) is 65.7 Å². The minimum absolute atomic E-state index is 0.0152. The number of ether oxygens (including phenoxy) is 2. The van der Waals surface area contributed by atoms with Crippen LogP contribution in [0.5, 0.6) is 11.5 Å². The maximum Gasteiger partial charge on any atom is 0.306 e. The number of aryl methyl sites for hydroxylation is 2. The summed E-state index contributed by atoms with van der Waals surface area (Å²) in [6.07, 6.45) is 14.6. The van der Waals surface area contributed by atoms with Crippen LogP contribution in [0.4, 0.5) is 23.0 Å². The molecule has 3 N–H and O–H groups in total. The number of anilines is 4. The first kappa shape index (κ1) is 40.9. The van der Waals surface area contributed by atoms with Crippen molar-refractivity contribution in [2.45, 2.75) is 38.5 Å². The summed E-state index contributed by atoms with van der Waals surface area (Å²) in [6.45, 7) is 1.60. The number of hydrogen-bond acceptors (Lipinski definition) is 15. The molecule has 0 unspecified atom stereocenters. The van der Waals surface area contributed by atoms with E-state index in [-0.39, 0.29) is 17.7 Å². The van der Waals surface area contributed by atoms with E-state index in [0.717, 1.165) is 91.5 Å². The van der Waals surface area contributed by atoms with Crippen LogP contribution in [-0.4, -0.2) is 114 Å². The molecule has 0 aliphatic heterocycles. The number of amides is 1. The number of pyridine rings is 2. The van der Waals surface area contributed by atoms with Crippen molar-refractivity contribution in [1.82, 2.24) is 49.0 Å². The molecule has 2 aliphatic carbocycles. The Labute approximate surface area is 364 Å². The van der Waals surface area contributed by atoms with E-state index in [0.29, 0.717) is 36.6 Å².